The Hall–Kier alpha value is -2.89. The zero-order valence-corrected chi connectivity index (χ0v) is 13.0. The van der Waals surface area contributed by atoms with Crippen LogP contribution in [0.25, 0.3) is 0 Å². The molecule has 0 saturated heterocycles. The Morgan fingerprint density at radius 3 is 2.04 bits per heavy atom. The van der Waals surface area contributed by atoms with Crippen LogP contribution in [0.15, 0.2) is 60.7 Å². The van der Waals surface area contributed by atoms with Crippen LogP contribution >= 0.6 is 0 Å². The monoisotopic (exact) mass is 329 g/mol. The van der Waals surface area contributed by atoms with E-state index in [0.29, 0.717) is 0 Å². The van der Waals surface area contributed by atoms with Crippen molar-refractivity contribution in [3.63, 3.8) is 0 Å². The van der Waals surface area contributed by atoms with Crippen LogP contribution in [-0.2, 0) is 4.79 Å². The summed E-state index contributed by atoms with van der Waals surface area (Å²) < 4.78 is 15.7. The highest BCUT2D eigenvalue weighted by Gasteiger charge is 2.53. The first kappa shape index (κ1) is 17.5. The maximum atomic E-state index is 15.7. The lowest BCUT2D eigenvalue weighted by Gasteiger charge is -2.28. The zero-order valence-electron chi connectivity index (χ0n) is 13.0. The molecule has 124 valence electrons. The Labute approximate surface area is 138 Å². The quantitative estimate of drug-likeness (QED) is 0.338. The normalized spacial score (nSPS) is 14.4. The van der Waals surface area contributed by atoms with Crippen LogP contribution in [0.2, 0.25) is 0 Å². The molecule has 0 amide bonds. The van der Waals surface area contributed by atoms with Gasteiger partial charge in [-0.1, -0.05) is 60.7 Å². The maximum Gasteiger partial charge on any atom is 0.243 e. The predicted molar refractivity (Wildman–Crippen MR) is 86.3 cm³/mol. The molecule has 0 saturated carbocycles. The second-order valence-corrected chi connectivity index (χ2v) is 5.44. The van der Waals surface area contributed by atoms with Crippen molar-refractivity contribution in [2.45, 2.75) is 18.5 Å². The fraction of sp³-hybridized carbons (Fsp3) is 0.222. The Morgan fingerprint density at radius 2 is 1.58 bits per heavy atom. The van der Waals surface area contributed by atoms with Crippen molar-refractivity contribution in [1.82, 2.24) is 0 Å². The second-order valence-electron chi connectivity index (χ2n) is 5.44. The number of nitro groups is 1. The van der Waals surface area contributed by atoms with Crippen molar-refractivity contribution in [2.75, 3.05) is 6.54 Å². The molecule has 6 heteroatoms. The number of nitrogens with zero attached hydrogens (tertiary/aromatic N) is 1. The van der Waals surface area contributed by atoms with Gasteiger partial charge < -0.3 is 0 Å². The molecule has 5 nitrogen and oxygen atoms in total. The van der Waals surface area contributed by atoms with Gasteiger partial charge in [-0.2, -0.15) is 0 Å². The summed E-state index contributed by atoms with van der Waals surface area (Å²) in [5, 5.41) is 11.0. The lowest BCUT2D eigenvalue weighted by atomic mass is 9.76. The van der Waals surface area contributed by atoms with Crippen LogP contribution in [0, 0.1) is 10.1 Å². The van der Waals surface area contributed by atoms with Gasteiger partial charge in [0.1, 0.15) is 0 Å². The number of ketones is 2. The first-order valence-corrected chi connectivity index (χ1v) is 7.34. The number of carbonyl (C=O) groups is 2. The molecule has 0 aliphatic heterocycles. The van der Waals surface area contributed by atoms with E-state index in [1.807, 2.05) is 0 Å². The molecule has 0 spiro atoms. The number of rotatable bonds is 7. The van der Waals surface area contributed by atoms with E-state index in [2.05, 4.69) is 0 Å². The third-order valence-corrected chi connectivity index (χ3v) is 3.89. The number of hydrogen-bond donors (Lipinski definition) is 0. The molecule has 0 bridgehead atoms. The van der Waals surface area contributed by atoms with Gasteiger partial charge in [-0.3, -0.25) is 19.7 Å². The molecular formula is C18H16FNO4. The molecule has 0 radical (unpaired) electrons. The number of Topliss-reactive ketones (excluding diaryl/α,β-unsaturated/α-hetero) is 2. The molecular weight excluding hydrogens is 313 g/mol. The Bertz CT molecular complexity index is 748. The minimum atomic E-state index is -3.00. The molecule has 0 aliphatic rings. The van der Waals surface area contributed by atoms with Gasteiger partial charge >= 0.3 is 0 Å². The first-order valence-electron chi connectivity index (χ1n) is 7.34. The fourth-order valence-electron chi connectivity index (χ4n) is 2.66. The summed E-state index contributed by atoms with van der Waals surface area (Å²) in [4.78, 5) is 35.1. The van der Waals surface area contributed by atoms with Gasteiger partial charge in [0, 0.05) is 10.5 Å². The average Bonchev–Trinajstić information content (AvgIpc) is 2.59. The number of carbonyl (C=O) groups excluding carboxylic acids is 2. The third kappa shape index (κ3) is 3.37. The maximum absolute atomic E-state index is 15.7. The van der Waals surface area contributed by atoms with E-state index in [9.17, 15) is 19.7 Å². The molecule has 2 aromatic carbocycles. The van der Waals surface area contributed by atoms with Crippen LogP contribution in [-0.4, -0.2) is 28.7 Å². The summed E-state index contributed by atoms with van der Waals surface area (Å²) >= 11 is 0. The summed E-state index contributed by atoms with van der Waals surface area (Å²) in [7, 11) is 0. The second kappa shape index (κ2) is 7.12. The smallest absolute Gasteiger partial charge is 0.243 e. The first-order chi connectivity index (χ1) is 11.4. The minimum absolute atomic E-state index is 0.000482. The van der Waals surface area contributed by atoms with Crippen LogP contribution in [0.1, 0.15) is 28.8 Å². The van der Waals surface area contributed by atoms with Gasteiger partial charge in [0.05, 0.1) is 5.92 Å². The summed E-state index contributed by atoms with van der Waals surface area (Å²) in [5.74, 6) is -3.61. The lowest BCUT2D eigenvalue weighted by Crippen LogP contribution is -2.48. The van der Waals surface area contributed by atoms with Gasteiger partial charge in [-0.15, -0.1) is 0 Å². The van der Waals surface area contributed by atoms with Crippen molar-refractivity contribution < 1.29 is 18.9 Å². The molecule has 2 aromatic rings. The van der Waals surface area contributed by atoms with Crippen molar-refractivity contribution in [1.29, 1.82) is 0 Å². The number of alkyl halides is 1. The molecule has 0 unspecified atom stereocenters. The van der Waals surface area contributed by atoms with E-state index in [-0.39, 0.29) is 11.1 Å². The average molecular weight is 329 g/mol. The highest BCUT2D eigenvalue weighted by atomic mass is 19.1. The molecule has 24 heavy (non-hydrogen) atoms. The molecule has 0 N–H and O–H groups in total. The van der Waals surface area contributed by atoms with Crippen LogP contribution in [0.3, 0.4) is 0 Å². The summed E-state index contributed by atoms with van der Waals surface area (Å²) in [6.45, 7) is 0.0788. The van der Waals surface area contributed by atoms with E-state index in [1.54, 1.807) is 36.4 Å². The van der Waals surface area contributed by atoms with Crippen LogP contribution in [0.4, 0.5) is 4.39 Å². The third-order valence-electron chi connectivity index (χ3n) is 3.89. The van der Waals surface area contributed by atoms with E-state index in [0.717, 1.165) is 6.92 Å². The Balaban J connectivity index is 2.58. The lowest BCUT2D eigenvalue weighted by molar-refractivity contribution is -0.485. The van der Waals surface area contributed by atoms with Crippen LogP contribution < -0.4 is 0 Å². The highest BCUT2D eigenvalue weighted by molar-refractivity contribution is 6.17. The van der Waals surface area contributed by atoms with Crippen molar-refractivity contribution in [3.8, 4) is 0 Å². The minimum Gasteiger partial charge on any atom is -0.296 e. The van der Waals surface area contributed by atoms with Crippen molar-refractivity contribution >= 4 is 11.6 Å². The molecule has 0 heterocycles. The highest BCUT2D eigenvalue weighted by Crippen LogP contribution is 2.36. The fourth-order valence-corrected chi connectivity index (χ4v) is 2.66. The van der Waals surface area contributed by atoms with E-state index in [4.69, 9.17) is 0 Å². The molecule has 0 aromatic heterocycles. The molecule has 2 atom stereocenters. The number of halogens is 1. The Kier molecular flexibility index (Phi) is 5.18. The van der Waals surface area contributed by atoms with Gasteiger partial charge in [0.15, 0.2) is 5.78 Å². The van der Waals surface area contributed by atoms with Gasteiger partial charge in [0.25, 0.3) is 0 Å². The largest absolute Gasteiger partial charge is 0.296 e. The van der Waals surface area contributed by atoms with Crippen LogP contribution in [0.5, 0.6) is 0 Å². The van der Waals surface area contributed by atoms with Crippen molar-refractivity contribution in [3.05, 3.63) is 81.9 Å². The van der Waals surface area contributed by atoms with Gasteiger partial charge in [-0.05, 0) is 12.5 Å². The molecule has 0 fully saturated rings. The van der Waals surface area contributed by atoms with Crippen molar-refractivity contribution in [2.24, 2.45) is 0 Å². The predicted octanol–water partition coefficient (Wildman–Crippen LogP) is 3.23. The van der Waals surface area contributed by atoms with Gasteiger partial charge in [-0.25, -0.2) is 4.39 Å². The van der Waals surface area contributed by atoms with Gasteiger partial charge in [0.2, 0.25) is 18.0 Å². The summed E-state index contributed by atoms with van der Waals surface area (Å²) in [6, 6.07) is 15.3. The Morgan fingerprint density at radius 1 is 1.08 bits per heavy atom. The standard InChI is InChI=1S/C18H16FNO4/c1-13(21)18(19,17(22)15-10-6-3-7-11-15)16(12-20(23)24)14-8-4-2-5-9-14/h2-11,16H,12H2,1H3/t16-,18-/m1/s1. The molecule has 0 aliphatic carbocycles. The number of hydrogen-bond acceptors (Lipinski definition) is 4. The summed E-state index contributed by atoms with van der Waals surface area (Å²) in [5.41, 5.74) is -2.77. The molecule has 2 rings (SSSR count). The van der Waals surface area contributed by atoms with E-state index >= 15 is 4.39 Å². The SMILES string of the molecule is CC(=O)[C@](F)(C(=O)c1ccccc1)[C@H](C[N+](=O)[O-])c1ccccc1. The summed E-state index contributed by atoms with van der Waals surface area (Å²) in [6.07, 6.45) is 0. The number of benzene rings is 2. The topological polar surface area (TPSA) is 77.3 Å². The zero-order chi connectivity index (χ0) is 17.7. The van der Waals surface area contributed by atoms with E-state index in [1.165, 1.54) is 24.3 Å². The van der Waals surface area contributed by atoms with E-state index < -0.39 is 34.6 Å².